The highest BCUT2D eigenvalue weighted by atomic mass is 16.3. The van der Waals surface area contributed by atoms with Gasteiger partial charge in [-0.3, -0.25) is 0 Å². The first-order chi connectivity index (χ1) is 5.87. The molecule has 0 saturated heterocycles. The van der Waals surface area contributed by atoms with Crippen molar-refractivity contribution in [3.05, 3.63) is 11.6 Å². The standard InChI is InChI=1S/C11H18O/c12-9-11-7-3-1-5-10(11)6-2-4-8-11/h5,12H,1-4,6-9H2. The van der Waals surface area contributed by atoms with Gasteiger partial charge >= 0.3 is 0 Å². The maximum atomic E-state index is 9.44. The second-order valence-corrected chi connectivity index (χ2v) is 4.27. The maximum absolute atomic E-state index is 9.44. The molecular formula is C11H18O. The highest BCUT2D eigenvalue weighted by molar-refractivity contribution is 5.19. The highest BCUT2D eigenvalue weighted by Gasteiger charge is 2.36. The van der Waals surface area contributed by atoms with Crippen molar-refractivity contribution in [1.82, 2.24) is 0 Å². The molecule has 0 heterocycles. The first kappa shape index (κ1) is 8.31. The number of aliphatic hydroxyl groups is 1. The van der Waals surface area contributed by atoms with Gasteiger partial charge in [0, 0.05) is 5.41 Å². The summed E-state index contributed by atoms with van der Waals surface area (Å²) in [6.07, 6.45) is 11.3. The number of allylic oxidation sites excluding steroid dienone is 1. The predicted octanol–water partition coefficient (Wildman–Crippen LogP) is 2.65. The normalized spacial score (nSPS) is 35.6. The number of aliphatic hydroxyl groups excluding tert-OH is 1. The van der Waals surface area contributed by atoms with Crippen LogP contribution in [-0.2, 0) is 0 Å². The molecule has 2 aliphatic rings. The summed E-state index contributed by atoms with van der Waals surface area (Å²) in [5.74, 6) is 0. The Morgan fingerprint density at radius 1 is 1.25 bits per heavy atom. The minimum atomic E-state index is 0.233. The number of hydrogen-bond acceptors (Lipinski definition) is 1. The molecule has 1 unspecified atom stereocenters. The molecule has 0 aromatic carbocycles. The van der Waals surface area contributed by atoms with Crippen molar-refractivity contribution in [2.75, 3.05) is 6.61 Å². The maximum Gasteiger partial charge on any atom is 0.0524 e. The van der Waals surface area contributed by atoms with Gasteiger partial charge in [0.2, 0.25) is 0 Å². The van der Waals surface area contributed by atoms with E-state index in [0.717, 1.165) is 0 Å². The van der Waals surface area contributed by atoms with Crippen LogP contribution >= 0.6 is 0 Å². The zero-order valence-electron chi connectivity index (χ0n) is 7.68. The van der Waals surface area contributed by atoms with E-state index in [1.54, 1.807) is 5.57 Å². The van der Waals surface area contributed by atoms with Crippen LogP contribution in [0.2, 0.25) is 0 Å². The lowest BCUT2D eigenvalue weighted by atomic mass is 9.65. The zero-order chi connectivity index (χ0) is 8.44. The van der Waals surface area contributed by atoms with Crippen LogP contribution in [0, 0.1) is 5.41 Å². The Morgan fingerprint density at radius 3 is 2.83 bits per heavy atom. The zero-order valence-corrected chi connectivity index (χ0v) is 7.68. The van der Waals surface area contributed by atoms with Crippen LogP contribution in [0.15, 0.2) is 11.6 Å². The quantitative estimate of drug-likeness (QED) is 0.594. The molecule has 0 spiro atoms. The minimum absolute atomic E-state index is 0.233. The first-order valence-electron chi connectivity index (χ1n) is 5.18. The number of hydrogen-bond donors (Lipinski definition) is 1. The monoisotopic (exact) mass is 166 g/mol. The molecule has 0 radical (unpaired) electrons. The summed E-state index contributed by atoms with van der Waals surface area (Å²) in [5, 5.41) is 9.44. The molecule has 1 fully saturated rings. The second-order valence-electron chi connectivity index (χ2n) is 4.27. The molecule has 0 aromatic heterocycles. The van der Waals surface area contributed by atoms with Crippen molar-refractivity contribution in [2.24, 2.45) is 5.41 Å². The molecule has 68 valence electrons. The van der Waals surface area contributed by atoms with Crippen LogP contribution in [0.4, 0.5) is 0 Å². The molecular weight excluding hydrogens is 148 g/mol. The van der Waals surface area contributed by atoms with E-state index in [1.165, 1.54) is 44.9 Å². The fourth-order valence-electron chi connectivity index (χ4n) is 2.79. The lowest BCUT2D eigenvalue weighted by molar-refractivity contribution is 0.113. The van der Waals surface area contributed by atoms with Crippen molar-refractivity contribution in [3.63, 3.8) is 0 Å². The SMILES string of the molecule is OCC12CCCC=C1CCCC2. The number of rotatable bonds is 1. The van der Waals surface area contributed by atoms with E-state index in [1.807, 2.05) is 0 Å². The summed E-state index contributed by atoms with van der Waals surface area (Å²) >= 11 is 0. The fourth-order valence-corrected chi connectivity index (χ4v) is 2.79. The molecule has 1 atom stereocenters. The molecule has 0 aliphatic heterocycles. The molecule has 1 heteroatoms. The van der Waals surface area contributed by atoms with Crippen LogP contribution in [0.25, 0.3) is 0 Å². The summed E-state index contributed by atoms with van der Waals surface area (Å²) in [7, 11) is 0. The van der Waals surface area contributed by atoms with Gasteiger partial charge in [-0.25, -0.2) is 0 Å². The lowest BCUT2D eigenvalue weighted by Gasteiger charge is -2.41. The van der Waals surface area contributed by atoms with Gasteiger partial charge in [0.15, 0.2) is 0 Å². The number of fused-ring (bicyclic) bond motifs is 1. The van der Waals surface area contributed by atoms with Crippen molar-refractivity contribution in [2.45, 2.75) is 44.9 Å². The second kappa shape index (κ2) is 3.21. The van der Waals surface area contributed by atoms with Crippen molar-refractivity contribution >= 4 is 0 Å². The summed E-state index contributed by atoms with van der Waals surface area (Å²) in [6, 6.07) is 0. The summed E-state index contributed by atoms with van der Waals surface area (Å²) in [5.41, 5.74) is 1.80. The van der Waals surface area contributed by atoms with Crippen LogP contribution < -0.4 is 0 Å². The third-order valence-corrected chi connectivity index (χ3v) is 3.59. The molecule has 1 N–H and O–H groups in total. The predicted molar refractivity (Wildman–Crippen MR) is 49.9 cm³/mol. The summed E-state index contributed by atoms with van der Waals surface area (Å²) in [4.78, 5) is 0. The van der Waals surface area contributed by atoms with E-state index in [0.29, 0.717) is 6.61 Å². The smallest absolute Gasteiger partial charge is 0.0524 e. The largest absolute Gasteiger partial charge is 0.395 e. The molecule has 2 rings (SSSR count). The van der Waals surface area contributed by atoms with Crippen LogP contribution in [0.5, 0.6) is 0 Å². The van der Waals surface area contributed by atoms with Gasteiger partial charge in [0.05, 0.1) is 6.61 Å². The van der Waals surface area contributed by atoms with E-state index < -0.39 is 0 Å². The van der Waals surface area contributed by atoms with E-state index in [4.69, 9.17) is 0 Å². The van der Waals surface area contributed by atoms with Gasteiger partial charge in [0.1, 0.15) is 0 Å². The van der Waals surface area contributed by atoms with Crippen LogP contribution in [0.1, 0.15) is 44.9 Å². The average Bonchev–Trinajstić information content (AvgIpc) is 2.18. The first-order valence-corrected chi connectivity index (χ1v) is 5.18. The highest BCUT2D eigenvalue weighted by Crippen LogP contribution is 2.46. The van der Waals surface area contributed by atoms with E-state index in [9.17, 15) is 5.11 Å². The molecule has 1 nitrogen and oxygen atoms in total. The topological polar surface area (TPSA) is 20.2 Å². The molecule has 1 saturated carbocycles. The molecule has 12 heavy (non-hydrogen) atoms. The Labute approximate surface area is 74.5 Å². The van der Waals surface area contributed by atoms with Crippen LogP contribution in [0.3, 0.4) is 0 Å². The third kappa shape index (κ3) is 1.20. The molecule has 0 bridgehead atoms. The van der Waals surface area contributed by atoms with Gasteiger partial charge in [-0.05, 0) is 38.5 Å². The van der Waals surface area contributed by atoms with Gasteiger partial charge in [-0.1, -0.05) is 18.1 Å². The van der Waals surface area contributed by atoms with Gasteiger partial charge in [0.25, 0.3) is 0 Å². The van der Waals surface area contributed by atoms with E-state index in [2.05, 4.69) is 6.08 Å². The molecule has 2 aliphatic carbocycles. The fraction of sp³-hybridized carbons (Fsp3) is 0.818. The van der Waals surface area contributed by atoms with Gasteiger partial charge in [-0.15, -0.1) is 0 Å². The Kier molecular flexibility index (Phi) is 2.22. The molecule has 0 aromatic rings. The summed E-state index contributed by atoms with van der Waals surface area (Å²) in [6.45, 7) is 0.388. The minimum Gasteiger partial charge on any atom is -0.395 e. The third-order valence-electron chi connectivity index (χ3n) is 3.59. The van der Waals surface area contributed by atoms with Crippen LogP contribution in [-0.4, -0.2) is 11.7 Å². The average molecular weight is 166 g/mol. The Balaban J connectivity index is 2.23. The van der Waals surface area contributed by atoms with Crippen molar-refractivity contribution in [1.29, 1.82) is 0 Å². The Morgan fingerprint density at radius 2 is 2.08 bits per heavy atom. The van der Waals surface area contributed by atoms with Crippen molar-refractivity contribution in [3.8, 4) is 0 Å². The summed E-state index contributed by atoms with van der Waals surface area (Å²) < 4.78 is 0. The lowest BCUT2D eigenvalue weighted by Crippen LogP contribution is -2.32. The van der Waals surface area contributed by atoms with E-state index >= 15 is 0 Å². The Hall–Kier alpha value is -0.300. The van der Waals surface area contributed by atoms with E-state index in [-0.39, 0.29) is 5.41 Å². The van der Waals surface area contributed by atoms with Gasteiger partial charge < -0.3 is 5.11 Å². The van der Waals surface area contributed by atoms with Crippen molar-refractivity contribution < 1.29 is 5.11 Å². The van der Waals surface area contributed by atoms with Gasteiger partial charge in [-0.2, -0.15) is 0 Å². The Bertz CT molecular complexity index is 195. The molecule has 0 amide bonds.